The van der Waals surface area contributed by atoms with Crippen molar-refractivity contribution >= 4 is 11.4 Å². The molecule has 2 aromatic carbocycles. The molecule has 0 saturated heterocycles. The number of aromatic hydroxyl groups is 1. The molecule has 0 aliphatic heterocycles. The molecule has 2 rings (SSSR count). The van der Waals surface area contributed by atoms with E-state index < -0.39 is 0 Å². The van der Waals surface area contributed by atoms with Gasteiger partial charge in [0.05, 0.1) is 5.69 Å². The normalized spacial score (nSPS) is 10.8. The molecule has 3 heteroatoms. The second-order valence-corrected chi connectivity index (χ2v) is 3.53. The Morgan fingerprint density at radius 1 is 0.938 bits per heavy atom. The molecule has 0 heterocycles. The van der Waals surface area contributed by atoms with Crippen LogP contribution in [-0.4, -0.2) is 5.11 Å². The van der Waals surface area contributed by atoms with Gasteiger partial charge in [0.1, 0.15) is 11.4 Å². The molecule has 2 aromatic rings. The number of phenols is 1. The van der Waals surface area contributed by atoms with Crippen molar-refractivity contribution in [2.75, 3.05) is 0 Å². The van der Waals surface area contributed by atoms with Crippen LogP contribution >= 0.6 is 0 Å². The third kappa shape index (κ3) is 2.45. The fourth-order valence-corrected chi connectivity index (χ4v) is 1.32. The van der Waals surface area contributed by atoms with Gasteiger partial charge in [-0.3, -0.25) is 0 Å². The van der Waals surface area contributed by atoms with Crippen LogP contribution in [-0.2, 0) is 0 Å². The summed E-state index contributed by atoms with van der Waals surface area (Å²) in [5.74, 6) is 0.144. The molecule has 0 bridgehead atoms. The van der Waals surface area contributed by atoms with Gasteiger partial charge >= 0.3 is 0 Å². The zero-order chi connectivity index (χ0) is 11.4. The molecular weight excluding hydrogens is 200 g/mol. The summed E-state index contributed by atoms with van der Waals surface area (Å²) in [6, 6.07) is 14.7. The van der Waals surface area contributed by atoms with E-state index in [1.165, 1.54) is 0 Å². The quantitative estimate of drug-likeness (QED) is 0.748. The lowest BCUT2D eigenvalue weighted by molar-refractivity contribution is 0.476. The molecule has 0 aliphatic carbocycles. The maximum absolute atomic E-state index is 9.56. The van der Waals surface area contributed by atoms with E-state index in [1.807, 2.05) is 43.3 Å². The Bertz CT molecular complexity index is 507. The second-order valence-electron chi connectivity index (χ2n) is 3.53. The van der Waals surface area contributed by atoms with Crippen LogP contribution in [0.15, 0.2) is 58.8 Å². The summed E-state index contributed by atoms with van der Waals surface area (Å²) in [5.41, 5.74) is 2.30. The van der Waals surface area contributed by atoms with Crippen molar-refractivity contribution in [1.29, 1.82) is 0 Å². The van der Waals surface area contributed by atoms with Crippen molar-refractivity contribution < 1.29 is 5.11 Å². The van der Waals surface area contributed by atoms with Gasteiger partial charge in [-0.2, -0.15) is 5.11 Å². The summed E-state index contributed by atoms with van der Waals surface area (Å²) >= 11 is 0. The van der Waals surface area contributed by atoms with Crippen molar-refractivity contribution in [2.45, 2.75) is 6.92 Å². The first kappa shape index (κ1) is 10.4. The highest BCUT2D eigenvalue weighted by molar-refractivity contribution is 5.52. The molecule has 0 aromatic heterocycles. The first-order valence-electron chi connectivity index (χ1n) is 5.02. The predicted octanol–water partition coefficient (Wildman–Crippen LogP) is 4.12. The Morgan fingerprint density at radius 3 is 2.44 bits per heavy atom. The summed E-state index contributed by atoms with van der Waals surface area (Å²) in [7, 11) is 0. The van der Waals surface area contributed by atoms with Gasteiger partial charge in [0.25, 0.3) is 0 Å². The van der Waals surface area contributed by atoms with Crippen LogP contribution in [0.1, 0.15) is 5.56 Å². The number of phenolic OH excluding ortho intramolecular Hbond substituents is 1. The average molecular weight is 212 g/mol. The standard InChI is InChI=1S/C13H12N2O/c1-10-7-8-13(16)12(9-10)15-14-11-5-3-2-4-6-11/h2-9,16H,1H3. The first-order chi connectivity index (χ1) is 7.75. The monoisotopic (exact) mass is 212 g/mol. The SMILES string of the molecule is Cc1ccc(O)c(N=Nc2ccccc2)c1. The molecule has 0 amide bonds. The number of rotatable bonds is 2. The highest BCUT2D eigenvalue weighted by Crippen LogP contribution is 2.28. The number of aryl methyl sites for hydroxylation is 1. The highest BCUT2D eigenvalue weighted by Gasteiger charge is 1.98. The number of hydrogen-bond donors (Lipinski definition) is 1. The number of azo groups is 1. The van der Waals surface area contributed by atoms with Gasteiger partial charge in [0.15, 0.2) is 0 Å². The fraction of sp³-hybridized carbons (Fsp3) is 0.0769. The van der Waals surface area contributed by atoms with E-state index in [4.69, 9.17) is 0 Å². The van der Waals surface area contributed by atoms with Crippen molar-refractivity contribution in [3.63, 3.8) is 0 Å². The lowest BCUT2D eigenvalue weighted by Gasteiger charge is -1.98. The summed E-state index contributed by atoms with van der Waals surface area (Å²) < 4.78 is 0. The second kappa shape index (κ2) is 4.57. The van der Waals surface area contributed by atoms with Gasteiger partial charge < -0.3 is 5.11 Å². The van der Waals surface area contributed by atoms with Crippen LogP contribution in [0.3, 0.4) is 0 Å². The number of nitrogens with zero attached hydrogens (tertiary/aromatic N) is 2. The van der Waals surface area contributed by atoms with Crippen LogP contribution in [0.4, 0.5) is 11.4 Å². The molecule has 0 spiro atoms. The van der Waals surface area contributed by atoms with E-state index in [0.717, 1.165) is 11.3 Å². The minimum absolute atomic E-state index is 0.144. The van der Waals surface area contributed by atoms with Crippen molar-refractivity contribution in [1.82, 2.24) is 0 Å². The van der Waals surface area contributed by atoms with E-state index in [-0.39, 0.29) is 5.75 Å². The smallest absolute Gasteiger partial charge is 0.143 e. The lowest BCUT2D eigenvalue weighted by atomic mass is 10.2. The van der Waals surface area contributed by atoms with Crippen molar-refractivity contribution in [2.24, 2.45) is 10.2 Å². The zero-order valence-corrected chi connectivity index (χ0v) is 8.96. The van der Waals surface area contributed by atoms with Gasteiger partial charge in [-0.15, -0.1) is 5.11 Å². The van der Waals surface area contributed by atoms with Gasteiger partial charge in [0, 0.05) is 0 Å². The van der Waals surface area contributed by atoms with Crippen LogP contribution < -0.4 is 0 Å². The molecule has 16 heavy (non-hydrogen) atoms. The Kier molecular flexibility index (Phi) is 2.96. The number of benzene rings is 2. The van der Waals surface area contributed by atoms with Gasteiger partial charge in [-0.25, -0.2) is 0 Å². The lowest BCUT2D eigenvalue weighted by Crippen LogP contribution is -1.72. The van der Waals surface area contributed by atoms with E-state index >= 15 is 0 Å². The summed E-state index contributed by atoms with van der Waals surface area (Å²) in [6.45, 7) is 1.95. The third-order valence-corrected chi connectivity index (χ3v) is 2.16. The van der Waals surface area contributed by atoms with E-state index in [9.17, 15) is 5.11 Å². The Hall–Kier alpha value is -2.16. The predicted molar refractivity (Wildman–Crippen MR) is 63.5 cm³/mol. The zero-order valence-electron chi connectivity index (χ0n) is 8.96. The maximum atomic E-state index is 9.56. The molecule has 0 fully saturated rings. The van der Waals surface area contributed by atoms with Crippen molar-refractivity contribution in [3.8, 4) is 5.75 Å². The molecule has 0 radical (unpaired) electrons. The summed E-state index contributed by atoms with van der Waals surface area (Å²) in [5, 5.41) is 17.6. The third-order valence-electron chi connectivity index (χ3n) is 2.16. The van der Waals surface area contributed by atoms with Crippen molar-refractivity contribution in [3.05, 3.63) is 54.1 Å². The maximum Gasteiger partial charge on any atom is 0.143 e. The first-order valence-corrected chi connectivity index (χ1v) is 5.02. The summed E-state index contributed by atoms with van der Waals surface area (Å²) in [6.07, 6.45) is 0. The Balaban J connectivity index is 2.27. The average Bonchev–Trinajstić information content (AvgIpc) is 2.32. The topological polar surface area (TPSA) is 45.0 Å². The molecule has 0 atom stereocenters. The largest absolute Gasteiger partial charge is 0.506 e. The van der Waals surface area contributed by atoms with E-state index in [1.54, 1.807) is 12.1 Å². The van der Waals surface area contributed by atoms with Crippen LogP contribution in [0.25, 0.3) is 0 Å². The number of hydrogen-bond acceptors (Lipinski definition) is 3. The minimum Gasteiger partial charge on any atom is -0.506 e. The molecule has 1 N–H and O–H groups in total. The highest BCUT2D eigenvalue weighted by atomic mass is 16.3. The van der Waals surface area contributed by atoms with Gasteiger partial charge in [-0.1, -0.05) is 24.3 Å². The minimum atomic E-state index is 0.144. The van der Waals surface area contributed by atoms with Gasteiger partial charge in [-0.05, 0) is 36.8 Å². The molecular formula is C13H12N2O. The molecule has 0 saturated carbocycles. The molecule has 80 valence electrons. The Morgan fingerprint density at radius 2 is 1.69 bits per heavy atom. The van der Waals surface area contributed by atoms with Crippen LogP contribution in [0.2, 0.25) is 0 Å². The molecule has 3 nitrogen and oxygen atoms in total. The molecule has 0 unspecified atom stereocenters. The van der Waals surface area contributed by atoms with E-state index in [2.05, 4.69) is 10.2 Å². The fourth-order valence-electron chi connectivity index (χ4n) is 1.32. The van der Waals surface area contributed by atoms with E-state index in [0.29, 0.717) is 5.69 Å². The van der Waals surface area contributed by atoms with Crippen LogP contribution in [0, 0.1) is 6.92 Å². The van der Waals surface area contributed by atoms with Crippen LogP contribution in [0.5, 0.6) is 5.75 Å². The Labute approximate surface area is 94.1 Å². The molecule has 0 aliphatic rings. The van der Waals surface area contributed by atoms with Gasteiger partial charge in [0.2, 0.25) is 0 Å². The summed E-state index contributed by atoms with van der Waals surface area (Å²) in [4.78, 5) is 0.